The second-order valence-electron chi connectivity index (χ2n) is 5.13. The van der Waals surface area contributed by atoms with Crippen LogP contribution in [-0.2, 0) is 0 Å². The van der Waals surface area contributed by atoms with Crippen molar-refractivity contribution in [1.82, 2.24) is 20.1 Å². The number of hydrogen-bond acceptors (Lipinski definition) is 4. The van der Waals surface area contributed by atoms with E-state index >= 15 is 0 Å². The van der Waals surface area contributed by atoms with Gasteiger partial charge in [0.15, 0.2) is 0 Å². The number of nitrogens with zero attached hydrogens (tertiary/aromatic N) is 3. The molecular weight excluding hydrogens is 224 g/mol. The van der Waals surface area contributed by atoms with Gasteiger partial charge in [-0.3, -0.25) is 9.88 Å². The maximum atomic E-state index is 4.25. The highest BCUT2D eigenvalue weighted by atomic mass is 15.3. The molecule has 1 aliphatic heterocycles. The topological polar surface area (TPSA) is 31.4 Å². The second kappa shape index (κ2) is 6.27. The van der Waals surface area contributed by atoms with Crippen LogP contribution in [0, 0.1) is 0 Å². The molecule has 18 heavy (non-hydrogen) atoms. The van der Waals surface area contributed by atoms with Crippen molar-refractivity contribution >= 4 is 0 Å². The van der Waals surface area contributed by atoms with E-state index in [9.17, 15) is 0 Å². The lowest BCUT2D eigenvalue weighted by Gasteiger charge is -2.42. The van der Waals surface area contributed by atoms with E-state index in [-0.39, 0.29) is 0 Å². The summed E-state index contributed by atoms with van der Waals surface area (Å²) >= 11 is 0. The Morgan fingerprint density at radius 2 is 2.28 bits per heavy atom. The highest BCUT2D eigenvalue weighted by Crippen LogP contribution is 2.22. The van der Waals surface area contributed by atoms with Crippen LogP contribution in [0.2, 0.25) is 0 Å². The zero-order valence-corrected chi connectivity index (χ0v) is 11.6. The summed E-state index contributed by atoms with van der Waals surface area (Å²) in [6, 6.07) is 5.05. The third kappa shape index (κ3) is 3.07. The molecule has 100 valence electrons. The Hall–Kier alpha value is -0.970. The van der Waals surface area contributed by atoms with E-state index in [4.69, 9.17) is 0 Å². The molecule has 1 aromatic rings. The highest BCUT2D eigenvalue weighted by Gasteiger charge is 2.30. The smallest absolute Gasteiger partial charge is 0.0505 e. The molecule has 2 heterocycles. The summed E-state index contributed by atoms with van der Waals surface area (Å²) in [5.41, 5.74) is 1.28. The van der Waals surface area contributed by atoms with Crippen molar-refractivity contribution in [3.63, 3.8) is 0 Å². The van der Waals surface area contributed by atoms with E-state index in [1.54, 1.807) is 0 Å². The summed E-state index contributed by atoms with van der Waals surface area (Å²) in [7, 11) is 4.42. The Bertz CT molecular complexity index is 354. The first kappa shape index (κ1) is 13.5. The normalized spacial score (nSPS) is 24.1. The van der Waals surface area contributed by atoms with Crippen molar-refractivity contribution in [1.29, 1.82) is 0 Å². The summed E-state index contributed by atoms with van der Waals surface area (Å²) in [6.45, 7) is 6.52. The molecule has 1 N–H and O–H groups in total. The molecule has 0 amide bonds. The number of pyridine rings is 1. The van der Waals surface area contributed by atoms with Crippen molar-refractivity contribution in [2.24, 2.45) is 0 Å². The molecule has 2 rings (SSSR count). The molecule has 1 fully saturated rings. The summed E-state index contributed by atoms with van der Waals surface area (Å²) < 4.78 is 0. The van der Waals surface area contributed by atoms with Crippen LogP contribution in [-0.4, -0.2) is 61.1 Å². The minimum Gasteiger partial charge on any atom is -0.309 e. The van der Waals surface area contributed by atoms with Gasteiger partial charge in [-0.05, 0) is 32.3 Å². The number of nitrogens with one attached hydrogen (secondary N) is 1. The van der Waals surface area contributed by atoms with Crippen molar-refractivity contribution < 1.29 is 0 Å². The first-order chi connectivity index (χ1) is 8.72. The van der Waals surface area contributed by atoms with E-state index in [1.165, 1.54) is 5.56 Å². The summed E-state index contributed by atoms with van der Waals surface area (Å²) in [6.07, 6.45) is 3.82. The lowest BCUT2D eigenvalue weighted by atomic mass is 9.97. The van der Waals surface area contributed by atoms with E-state index in [0.29, 0.717) is 12.1 Å². The molecule has 0 saturated carbocycles. The number of likely N-dealkylation sites (N-methyl/N-ethyl adjacent to an activating group) is 3. The molecule has 2 atom stereocenters. The Morgan fingerprint density at radius 3 is 2.94 bits per heavy atom. The first-order valence-corrected chi connectivity index (χ1v) is 6.74. The van der Waals surface area contributed by atoms with Gasteiger partial charge in [0.2, 0.25) is 0 Å². The SMILES string of the molecule is CCNC(c1cccnc1)C1CN(C)CCN1C. The Morgan fingerprint density at radius 1 is 1.44 bits per heavy atom. The van der Waals surface area contributed by atoms with Crippen molar-refractivity contribution in [2.45, 2.75) is 19.0 Å². The predicted octanol–water partition coefficient (Wildman–Crippen LogP) is 0.978. The average molecular weight is 248 g/mol. The monoisotopic (exact) mass is 248 g/mol. The van der Waals surface area contributed by atoms with Gasteiger partial charge in [0.25, 0.3) is 0 Å². The minimum absolute atomic E-state index is 0.358. The molecular formula is C14H24N4. The Labute approximate surface area is 110 Å². The maximum absolute atomic E-state index is 4.25. The van der Waals surface area contributed by atoms with E-state index in [0.717, 1.165) is 26.2 Å². The average Bonchev–Trinajstić information content (AvgIpc) is 2.40. The van der Waals surface area contributed by atoms with Crippen molar-refractivity contribution in [2.75, 3.05) is 40.3 Å². The number of hydrogen-bond donors (Lipinski definition) is 1. The molecule has 0 spiro atoms. The lowest BCUT2D eigenvalue weighted by Crippen LogP contribution is -2.55. The van der Waals surface area contributed by atoms with Crippen LogP contribution in [0.3, 0.4) is 0 Å². The van der Waals surface area contributed by atoms with Crippen molar-refractivity contribution in [3.8, 4) is 0 Å². The van der Waals surface area contributed by atoms with E-state index in [2.05, 4.69) is 47.2 Å². The summed E-state index contributed by atoms with van der Waals surface area (Å²) in [5.74, 6) is 0. The molecule has 0 aliphatic carbocycles. The molecule has 1 aromatic heterocycles. The predicted molar refractivity (Wildman–Crippen MR) is 74.6 cm³/mol. The fourth-order valence-electron chi connectivity index (χ4n) is 2.66. The van der Waals surface area contributed by atoms with Crippen LogP contribution in [0.5, 0.6) is 0 Å². The maximum Gasteiger partial charge on any atom is 0.0505 e. The largest absolute Gasteiger partial charge is 0.309 e. The highest BCUT2D eigenvalue weighted by molar-refractivity contribution is 5.17. The molecule has 1 saturated heterocycles. The molecule has 2 unspecified atom stereocenters. The third-order valence-corrected chi connectivity index (χ3v) is 3.75. The number of aromatic nitrogens is 1. The standard InChI is InChI=1S/C14H24N4/c1-4-16-14(12-6-5-7-15-10-12)13-11-17(2)8-9-18(13)3/h5-7,10,13-14,16H,4,8-9,11H2,1-3H3. The van der Waals surface area contributed by atoms with Crippen LogP contribution < -0.4 is 5.32 Å². The molecule has 0 bridgehead atoms. The third-order valence-electron chi connectivity index (χ3n) is 3.75. The summed E-state index contributed by atoms with van der Waals surface area (Å²) in [4.78, 5) is 9.12. The quantitative estimate of drug-likeness (QED) is 0.860. The fraction of sp³-hybridized carbons (Fsp3) is 0.643. The first-order valence-electron chi connectivity index (χ1n) is 6.74. The lowest BCUT2D eigenvalue weighted by molar-refractivity contribution is 0.0880. The second-order valence-corrected chi connectivity index (χ2v) is 5.13. The van der Waals surface area contributed by atoms with Gasteiger partial charge in [-0.15, -0.1) is 0 Å². The zero-order valence-electron chi connectivity index (χ0n) is 11.6. The summed E-state index contributed by atoms with van der Waals surface area (Å²) in [5, 5.41) is 3.61. The number of rotatable bonds is 4. The van der Waals surface area contributed by atoms with Crippen LogP contribution >= 0.6 is 0 Å². The van der Waals surface area contributed by atoms with Gasteiger partial charge in [0.05, 0.1) is 6.04 Å². The van der Waals surface area contributed by atoms with E-state index in [1.807, 2.05) is 18.5 Å². The number of piperazine rings is 1. The van der Waals surface area contributed by atoms with Crippen molar-refractivity contribution in [3.05, 3.63) is 30.1 Å². The molecule has 4 nitrogen and oxygen atoms in total. The van der Waals surface area contributed by atoms with Crippen LogP contribution in [0.4, 0.5) is 0 Å². The van der Waals surface area contributed by atoms with Gasteiger partial charge < -0.3 is 10.2 Å². The van der Waals surface area contributed by atoms with E-state index < -0.39 is 0 Å². The van der Waals surface area contributed by atoms with Crippen LogP contribution in [0.1, 0.15) is 18.5 Å². The molecule has 0 radical (unpaired) electrons. The molecule has 1 aliphatic rings. The molecule has 0 aromatic carbocycles. The van der Waals surface area contributed by atoms with Crippen LogP contribution in [0.15, 0.2) is 24.5 Å². The zero-order chi connectivity index (χ0) is 13.0. The van der Waals surface area contributed by atoms with Crippen LogP contribution in [0.25, 0.3) is 0 Å². The Balaban J connectivity index is 2.18. The van der Waals surface area contributed by atoms with Gasteiger partial charge in [-0.2, -0.15) is 0 Å². The van der Waals surface area contributed by atoms with Gasteiger partial charge in [0.1, 0.15) is 0 Å². The Kier molecular flexibility index (Phi) is 4.69. The van der Waals surface area contributed by atoms with Gasteiger partial charge >= 0.3 is 0 Å². The van der Waals surface area contributed by atoms with Gasteiger partial charge in [-0.1, -0.05) is 13.0 Å². The minimum atomic E-state index is 0.358. The van der Waals surface area contributed by atoms with Gasteiger partial charge in [-0.25, -0.2) is 0 Å². The van der Waals surface area contributed by atoms with Gasteiger partial charge in [0, 0.05) is 38.1 Å². The fourth-order valence-corrected chi connectivity index (χ4v) is 2.66. The molecule has 4 heteroatoms.